The predicted octanol–water partition coefficient (Wildman–Crippen LogP) is 1.98. The summed E-state index contributed by atoms with van der Waals surface area (Å²) in [6.07, 6.45) is 0.918. The zero-order valence-electron chi connectivity index (χ0n) is 16.0. The number of carbonyl (C=O) groups excluding carboxylic acids is 2. The van der Waals surface area contributed by atoms with Crippen LogP contribution in [0.4, 0.5) is 0 Å². The summed E-state index contributed by atoms with van der Waals surface area (Å²) in [5, 5.41) is 18.5. The number of nitrogens with two attached hydrogens (primary N) is 1. The SMILES string of the molecule is CC[C@H](CC(CC(C)C[C@H](N)C(=O)O)C(=O)O)N1C(=O)c2ccccc2C1=O. The Morgan fingerprint density at radius 2 is 1.54 bits per heavy atom. The summed E-state index contributed by atoms with van der Waals surface area (Å²) in [6, 6.07) is 4.94. The Morgan fingerprint density at radius 3 is 1.96 bits per heavy atom. The van der Waals surface area contributed by atoms with E-state index in [0.717, 1.165) is 4.90 Å². The summed E-state index contributed by atoms with van der Waals surface area (Å²) in [4.78, 5) is 49.2. The molecule has 0 spiro atoms. The van der Waals surface area contributed by atoms with E-state index in [4.69, 9.17) is 10.8 Å². The second kappa shape index (κ2) is 8.97. The number of carbonyl (C=O) groups is 4. The second-order valence-corrected chi connectivity index (χ2v) is 7.38. The lowest BCUT2D eigenvalue weighted by Gasteiger charge is -2.28. The maximum atomic E-state index is 12.7. The molecule has 0 bridgehead atoms. The average molecular weight is 390 g/mol. The molecule has 8 heteroatoms. The van der Waals surface area contributed by atoms with Crippen molar-refractivity contribution in [3.8, 4) is 0 Å². The van der Waals surface area contributed by atoms with Gasteiger partial charge in [0.05, 0.1) is 17.0 Å². The minimum Gasteiger partial charge on any atom is -0.481 e. The van der Waals surface area contributed by atoms with Gasteiger partial charge in [-0.2, -0.15) is 0 Å². The minimum absolute atomic E-state index is 0.115. The molecular formula is C20H26N2O6. The number of imide groups is 1. The summed E-state index contributed by atoms with van der Waals surface area (Å²) in [6.45, 7) is 3.55. The molecule has 0 saturated heterocycles. The zero-order chi connectivity index (χ0) is 21.0. The Hall–Kier alpha value is -2.74. The first-order chi connectivity index (χ1) is 13.2. The first kappa shape index (κ1) is 21.6. The fraction of sp³-hybridized carbons (Fsp3) is 0.500. The van der Waals surface area contributed by atoms with Crippen molar-refractivity contribution < 1.29 is 29.4 Å². The molecule has 2 amide bonds. The van der Waals surface area contributed by atoms with E-state index in [-0.39, 0.29) is 25.2 Å². The van der Waals surface area contributed by atoms with Crippen LogP contribution in [0.15, 0.2) is 24.3 Å². The summed E-state index contributed by atoms with van der Waals surface area (Å²) in [5.41, 5.74) is 6.20. The number of aliphatic carboxylic acids is 2. The van der Waals surface area contributed by atoms with E-state index >= 15 is 0 Å². The number of hydrogen-bond acceptors (Lipinski definition) is 5. The lowest BCUT2D eigenvalue weighted by Crippen LogP contribution is -2.42. The number of rotatable bonds is 10. The summed E-state index contributed by atoms with van der Waals surface area (Å²) >= 11 is 0. The van der Waals surface area contributed by atoms with Gasteiger partial charge in [0.2, 0.25) is 0 Å². The molecule has 1 aromatic rings. The third kappa shape index (κ3) is 4.56. The van der Waals surface area contributed by atoms with Crippen molar-refractivity contribution >= 4 is 23.8 Å². The van der Waals surface area contributed by atoms with Gasteiger partial charge in [0.25, 0.3) is 11.8 Å². The van der Waals surface area contributed by atoms with E-state index in [1.54, 1.807) is 38.1 Å². The van der Waals surface area contributed by atoms with Gasteiger partial charge < -0.3 is 15.9 Å². The van der Waals surface area contributed by atoms with Crippen molar-refractivity contribution in [2.24, 2.45) is 17.6 Å². The fourth-order valence-corrected chi connectivity index (χ4v) is 3.74. The molecular weight excluding hydrogens is 364 g/mol. The van der Waals surface area contributed by atoms with E-state index in [1.165, 1.54) is 0 Å². The number of fused-ring (bicyclic) bond motifs is 1. The van der Waals surface area contributed by atoms with Crippen molar-refractivity contribution in [1.82, 2.24) is 4.90 Å². The molecule has 0 fully saturated rings. The number of carboxylic acid groups (broad SMARTS) is 2. The van der Waals surface area contributed by atoms with Gasteiger partial charge >= 0.3 is 11.9 Å². The van der Waals surface area contributed by atoms with Gasteiger partial charge in [-0.1, -0.05) is 26.0 Å². The summed E-state index contributed by atoms with van der Waals surface area (Å²) < 4.78 is 0. The molecule has 1 aliphatic heterocycles. The van der Waals surface area contributed by atoms with Crippen LogP contribution in [0, 0.1) is 11.8 Å². The van der Waals surface area contributed by atoms with Crippen LogP contribution in [0.1, 0.15) is 60.2 Å². The fourth-order valence-electron chi connectivity index (χ4n) is 3.74. The van der Waals surface area contributed by atoms with Crippen LogP contribution in [0.5, 0.6) is 0 Å². The number of amides is 2. The zero-order valence-corrected chi connectivity index (χ0v) is 16.0. The molecule has 0 saturated carbocycles. The lowest BCUT2D eigenvalue weighted by molar-refractivity contribution is -0.143. The molecule has 4 N–H and O–H groups in total. The van der Waals surface area contributed by atoms with Crippen LogP contribution >= 0.6 is 0 Å². The molecule has 152 valence electrons. The van der Waals surface area contributed by atoms with Gasteiger partial charge in [-0.3, -0.25) is 24.1 Å². The summed E-state index contributed by atoms with van der Waals surface area (Å²) in [7, 11) is 0. The van der Waals surface area contributed by atoms with Crippen molar-refractivity contribution in [3.63, 3.8) is 0 Å². The number of hydrogen-bond donors (Lipinski definition) is 3. The minimum atomic E-state index is -1.13. The summed E-state index contributed by atoms with van der Waals surface area (Å²) in [5.74, 6) is -4.02. The quantitative estimate of drug-likeness (QED) is 0.519. The highest BCUT2D eigenvalue weighted by Gasteiger charge is 2.40. The molecule has 0 aromatic heterocycles. The first-order valence-electron chi connectivity index (χ1n) is 9.35. The Bertz CT molecular complexity index is 743. The number of carboxylic acids is 2. The van der Waals surface area contributed by atoms with Crippen LogP contribution < -0.4 is 5.73 Å². The van der Waals surface area contributed by atoms with Crippen LogP contribution in [-0.2, 0) is 9.59 Å². The normalized spacial score (nSPS) is 17.8. The van der Waals surface area contributed by atoms with Gasteiger partial charge in [0, 0.05) is 6.04 Å². The van der Waals surface area contributed by atoms with Gasteiger partial charge in [-0.25, -0.2) is 0 Å². The predicted molar refractivity (Wildman–Crippen MR) is 101 cm³/mol. The molecule has 1 aliphatic rings. The van der Waals surface area contributed by atoms with E-state index in [2.05, 4.69) is 0 Å². The van der Waals surface area contributed by atoms with Gasteiger partial charge in [-0.15, -0.1) is 0 Å². The maximum Gasteiger partial charge on any atom is 0.320 e. The lowest BCUT2D eigenvalue weighted by atomic mass is 9.86. The molecule has 0 radical (unpaired) electrons. The smallest absolute Gasteiger partial charge is 0.320 e. The van der Waals surface area contributed by atoms with Gasteiger partial charge in [0.15, 0.2) is 0 Å². The highest BCUT2D eigenvalue weighted by molar-refractivity contribution is 6.21. The monoisotopic (exact) mass is 390 g/mol. The van der Waals surface area contributed by atoms with Crippen LogP contribution in [0.3, 0.4) is 0 Å². The standard InChI is InChI=1S/C20H26N2O6/c1-3-13(22-17(23)14-6-4-5-7-15(14)18(22)24)10-12(19(25)26)8-11(2)9-16(21)20(27)28/h4-7,11-13,16H,3,8-10,21H2,1-2H3,(H,25,26)(H,27,28)/t11?,12?,13-,16+/m1/s1. The molecule has 2 rings (SSSR count). The van der Waals surface area contributed by atoms with E-state index in [9.17, 15) is 24.3 Å². The highest BCUT2D eigenvalue weighted by Crippen LogP contribution is 2.30. The molecule has 2 unspecified atom stereocenters. The third-order valence-corrected chi connectivity index (χ3v) is 5.23. The molecule has 1 heterocycles. The Kier molecular flexibility index (Phi) is 6.90. The maximum absolute atomic E-state index is 12.7. The second-order valence-electron chi connectivity index (χ2n) is 7.38. The largest absolute Gasteiger partial charge is 0.481 e. The van der Waals surface area contributed by atoms with E-state index in [1.807, 2.05) is 0 Å². The van der Waals surface area contributed by atoms with Gasteiger partial charge in [-0.05, 0) is 43.7 Å². The van der Waals surface area contributed by atoms with Crippen LogP contribution in [0.25, 0.3) is 0 Å². The molecule has 0 aliphatic carbocycles. The van der Waals surface area contributed by atoms with Crippen molar-refractivity contribution in [1.29, 1.82) is 0 Å². The Balaban J connectivity index is 2.13. The number of nitrogens with zero attached hydrogens (tertiary/aromatic N) is 1. The van der Waals surface area contributed by atoms with Gasteiger partial charge in [0.1, 0.15) is 6.04 Å². The molecule has 4 atom stereocenters. The number of benzene rings is 1. The Morgan fingerprint density at radius 1 is 1.00 bits per heavy atom. The third-order valence-electron chi connectivity index (χ3n) is 5.23. The van der Waals surface area contributed by atoms with Crippen LogP contribution in [0.2, 0.25) is 0 Å². The molecule has 1 aromatic carbocycles. The van der Waals surface area contributed by atoms with E-state index < -0.39 is 41.8 Å². The van der Waals surface area contributed by atoms with Crippen molar-refractivity contribution in [3.05, 3.63) is 35.4 Å². The highest BCUT2D eigenvalue weighted by atomic mass is 16.4. The van der Waals surface area contributed by atoms with E-state index in [0.29, 0.717) is 17.5 Å². The first-order valence-corrected chi connectivity index (χ1v) is 9.35. The molecule has 8 nitrogen and oxygen atoms in total. The van der Waals surface area contributed by atoms with Crippen molar-refractivity contribution in [2.45, 2.75) is 51.6 Å². The molecule has 28 heavy (non-hydrogen) atoms. The van der Waals surface area contributed by atoms with Crippen molar-refractivity contribution in [2.75, 3.05) is 0 Å². The van der Waals surface area contributed by atoms with Crippen LogP contribution in [-0.4, -0.2) is 50.9 Å². The Labute approximate surface area is 163 Å². The average Bonchev–Trinajstić information content (AvgIpc) is 2.89. The topological polar surface area (TPSA) is 138 Å².